The number of rotatable bonds is 9. The fourth-order valence-corrected chi connectivity index (χ4v) is 5.37. The Kier molecular flexibility index (Phi) is 8.64. The van der Waals surface area contributed by atoms with Gasteiger partial charge in [-0.3, -0.25) is 14.5 Å². The molecule has 188 valence electrons. The number of methoxy groups -OCH3 is 1. The molecule has 1 N–H and O–H groups in total. The smallest absolute Gasteiger partial charge is 0.303 e. The Hall–Kier alpha value is -3.06. The molecule has 0 spiro atoms. The first-order chi connectivity index (χ1) is 17.0. The van der Waals surface area contributed by atoms with E-state index in [0.717, 1.165) is 56.9 Å². The van der Waals surface area contributed by atoms with E-state index >= 15 is 0 Å². The number of carboxylic acids is 1. The van der Waals surface area contributed by atoms with Crippen LogP contribution < -0.4 is 9.64 Å². The molecule has 2 aliphatic heterocycles. The first-order valence-corrected chi connectivity index (χ1v) is 12.7. The maximum atomic E-state index is 13.0. The molecule has 0 radical (unpaired) electrons. The van der Waals surface area contributed by atoms with E-state index in [0.29, 0.717) is 19.5 Å². The Balaban J connectivity index is 1.30. The van der Waals surface area contributed by atoms with E-state index in [1.807, 2.05) is 35.2 Å². The number of carbonyl (C=O) groups excluding carboxylic acids is 1. The lowest BCUT2D eigenvalue weighted by atomic mass is 9.81. The van der Waals surface area contributed by atoms with E-state index in [-0.39, 0.29) is 24.2 Å². The zero-order valence-corrected chi connectivity index (χ0v) is 20.6. The number of benzene rings is 2. The van der Waals surface area contributed by atoms with Crippen LogP contribution in [0, 0.1) is 11.8 Å². The van der Waals surface area contributed by atoms with Gasteiger partial charge in [0, 0.05) is 51.4 Å². The predicted molar refractivity (Wildman–Crippen MR) is 137 cm³/mol. The minimum absolute atomic E-state index is 0.116. The molecule has 2 atom stereocenters. The summed E-state index contributed by atoms with van der Waals surface area (Å²) in [5, 5.41) is 9.44. The number of para-hydroxylation sites is 1. The second-order valence-corrected chi connectivity index (χ2v) is 9.72. The number of hydrogen-bond acceptors (Lipinski definition) is 5. The molecule has 2 heterocycles. The molecule has 2 unspecified atom stereocenters. The molecule has 0 saturated carbocycles. The second-order valence-electron chi connectivity index (χ2n) is 9.72. The van der Waals surface area contributed by atoms with Crippen molar-refractivity contribution >= 4 is 17.6 Å². The average molecular weight is 480 g/mol. The van der Waals surface area contributed by atoms with Crippen molar-refractivity contribution in [3.05, 3.63) is 60.2 Å². The van der Waals surface area contributed by atoms with E-state index < -0.39 is 5.97 Å². The molecule has 0 aromatic heterocycles. The summed E-state index contributed by atoms with van der Waals surface area (Å²) in [4.78, 5) is 31.4. The van der Waals surface area contributed by atoms with Crippen molar-refractivity contribution in [3.8, 4) is 5.75 Å². The fourth-order valence-electron chi connectivity index (χ4n) is 5.37. The Morgan fingerprint density at radius 3 is 2.31 bits per heavy atom. The van der Waals surface area contributed by atoms with Crippen LogP contribution in [-0.2, 0) is 16.0 Å². The highest BCUT2D eigenvalue weighted by Crippen LogP contribution is 2.30. The van der Waals surface area contributed by atoms with Gasteiger partial charge in [-0.15, -0.1) is 0 Å². The third-order valence-electron chi connectivity index (χ3n) is 7.51. The maximum Gasteiger partial charge on any atom is 0.303 e. The number of anilines is 1. The zero-order chi connectivity index (χ0) is 24.6. The molecule has 7 nitrogen and oxygen atoms in total. The molecule has 35 heavy (non-hydrogen) atoms. The van der Waals surface area contributed by atoms with E-state index in [2.05, 4.69) is 34.1 Å². The van der Waals surface area contributed by atoms with Gasteiger partial charge in [0.25, 0.3) is 0 Å². The van der Waals surface area contributed by atoms with Gasteiger partial charge in [0.15, 0.2) is 0 Å². The van der Waals surface area contributed by atoms with Gasteiger partial charge in [0.2, 0.25) is 5.91 Å². The minimum Gasteiger partial charge on any atom is -0.497 e. The molecule has 2 saturated heterocycles. The number of carboxylic acid groups (broad SMARTS) is 1. The second kappa shape index (κ2) is 12.1. The van der Waals surface area contributed by atoms with Crippen molar-refractivity contribution in [1.82, 2.24) is 9.80 Å². The van der Waals surface area contributed by atoms with Gasteiger partial charge >= 0.3 is 5.97 Å². The molecule has 0 bridgehead atoms. The number of aliphatic carboxylic acids is 1. The van der Waals surface area contributed by atoms with Crippen LogP contribution in [0.25, 0.3) is 0 Å². The summed E-state index contributed by atoms with van der Waals surface area (Å²) < 4.78 is 5.20. The number of carbonyl (C=O) groups is 2. The SMILES string of the molecule is COc1ccc(CC(=O)N2CCC(CC(=O)O)C(CCN3CCN(c4ccccc4)CC3)C2)cc1. The highest BCUT2D eigenvalue weighted by Gasteiger charge is 2.33. The van der Waals surface area contributed by atoms with Crippen molar-refractivity contribution in [2.75, 3.05) is 57.8 Å². The van der Waals surface area contributed by atoms with Crippen LogP contribution in [-0.4, -0.2) is 79.7 Å². The fraction of sp³-hybridized carbons (Fsp3) is 0.500. The van der Waals surface area contributed by atoms with Crippen molar-refractivity contribution < 1.29 is 19.4 Å². The Bertz CT molecular complexity index is 958. The lowest BCUT2D eigenvalue weighted by Gasteiger charge is -2.40. The van der Waals surface area contributed by atoms with Crippen molar-refractivity contribution in [1.29, 1.82) is 0 Å². The van der Waals surface area contributed by atoms with E-state index in [4.69, 9.17) is 4.74 Å². The van der Waals surface area contributed by atoms with Crippen molar-refractivity contribution in [2.45, 2.75) is 25.7 Å². The number of nitrogens with zero attached hydrogens (tertiary/aromatic N) is 3. The Morgan fingerprint density at radius 1 is 0.943 bits per heavy atom. The third kappa shape index (κ3) is 6.98. The lowest BCUT2D eigenvalue weighted by molar-refractivity contribution is -0.139. The number of piperazine rings is 1. The molecule has 2 fully saturated rings. The number of amides is 1. The monoisotopic (exact) mass is 479 g/mol. The van der Waals surface area contributed by atoms with Crippen molar-refractivity contribution in [2.24, 2.45) is 11.8 Å². The van der Waals surface area contributed by atoms with Crippen LogP contribution in [0.5, 0.6) is 5.75 Å². The number of ether oxygens (including phenoxy) is 1. The number of hydrogen-bond donors (Lipinski definition) is 1. The van der Waals surface area contributed by atoms with Crippen LogP contribution in [0.1, 0.15) is 24.8 Å². The van der Waals surface area contributed by atoms with E-state index in [1.165, 1.54) is 5.69 Å². The zero-order valence-electron chi connectivity index (χ0n) is 20.6. The van der Waals surface area contributed by atoms with Crippen LogP contribution in [0.4, 0.5) is 5.69 Å². The van der Waals surface area contributed by atoms with E-state index in [9.17, 15) is 14.7 Å². The van der Waals surface area contributed by atoms with Crippen LogP contribution in [0.2, 0.25) is 0 Å². The number of likely N-dealkylation sites (tertiary alicyclic amines) is 1. The molecule has 1 amide bonds. The van der Waals surface area contributed by atoms with E-state index in [1.54, 1.807) is 7.11 Å². The summed E-state index contributed by atoms with van der Waals surface area (Å²) in [5.41, 5.74) is 2.24. The molecule has 0 aliphatic carbocycles. The van der Waals surface area contributed by atoms with Gasteiger partial charge in [0.05, 0.1) is 13.5 Å². The summed E-state index contributed by atoms with van der Waals surface area (Å²) in [6, 6.07) is 18.1. The normalized spacial score (nSPS) is 21.1. The highest BCUT2D eigenvalue weighted by atomic mass is 16.5. The molecule has 4 rings (SSSR count). The van der Waals surface area contributed by atoms with Gasteiger partial charge in [-0.2, -0.15) is 0 Å². The molecule has 2 aliphatic rings. The van der Waals surface area contributed by atoms with Gasteiger partial charge in [0.1, 0.15) is 5.75 Å². The molecular formula is C28H37N3O4. The predicted octanol–water partition coefficient (Wildman–Crippen LogP) is 3.39. The summed E-state index contributed by atoms with van der Waals surface area (Å²) in [6.45, 7) is 6.25. The van der Waals surface area contributed by atoms with Gasteiger partial charge in [-0.05, 0) is 61.1 Å². The first-order valence-electron chi connectivity index (χ1n) is 12.7. The van der Waals surface area contributed by atoms with Crippen LogP contribution in [0.15, 0.2) is 54.6 Å². The van der Waals surface area contributed by atoms with Crippen LogP contribution >= 0.6 is 0 Å². The summed E-state index contributed by atoms with van der Waals surface area (Å²) >= 11 is 0. The number of piperidine rings is 1. The van der Waals surface area contributed by atoms with Gasteiger partial charge < -0.3 is 19.6 Å². The highest BCUT2D eigenvalue weighted by molar-refractivity contribution is 5.79. The average Bonchev–Trinajstić information content (AvgIpc) is 2.89. The molecule has 2 aromatic carbocycles. The summed E-state index contributed by atoms with van der Waals surface area (Å²) in [5.74, 6) is 0.496. The first kappa shape index (κ1) is 25.0. The summed E-state index contributed by atoms with van der Waals surface area (Å²) in [6.07, 6.45) is 2.23. The maximum absolute atomic E-state index is 13.0. The minimum atomic E-state index is -0.741. The van der Waals surface area contributed by atoms with Gasteiger partial charge in [-0.1, -0.05) is 30.3 Å². The van der Waals surface area contributed by atoms with Crippen molar-refractivity contribution in [3.63, 3.8) is 0 Å². The third-order valence-corrected chi connectivity index (χ3v) is 7.51. The largest absolute Gasteiger partial charge is 0.497 e. The molecular weight excluding hydrogens is 442 g/mol. The molecule has 2 aromatic rings. The summed E-state index contributed by atoms with van der Waals surface area (Å²) in [7, 11) is 1.63. The Morgan fingerprint density at radius 2 is 1.66 bits per heavy atom. The van der Waals surface area contributed by atoms with Gasteiger partial charge in [-0.25, -0.2) is 0 Å². The van der Waals surface area contributed by atoms with Crippen LogP contribution in [0.3, 0.4) is 0 Å². The lowest BCUT2D eigenvalue weighted by Crippen LogP contribution is -2.49. The topological polar surface area (TPSA) is 73.3 Å². The Labute approximate surface area is 208 Å². The standard InChI is InChI=1S/C28H37N3O4/c1-35-26-9-7-22(8-10-26)19-27(32)31-14-12-23(20-28(33)34)24(21-31)11-13-29-15-17-30(18-16-29)25-5-3-2-4-6-25/h2-10,23-24H,11-21H2,1H3,(H,33,34). The molecule has 7 heteroatoms. The quantitative estimate of drug-likeness (QED) is 0.594.